The highest BCUT2D eigenvalue weighted by molar-refractivity contribution is 6.04. The van der Waals surface area contributed by atoms with Crippen LogP contribution in [0.25, 0.3) is 0 Å². The number of guanidine groups is 1. The van der Waals surface area contributed by atoms with Gasteiger partial charge in [0.25, 0.3) is 23.6 Å². The van der Waals surface area contributed by atoms with E-state index in [-0.39, 0.29) is 54.8 Å². The minimum absolute atomic E-state index is 0.0915. The molecule has 3 aromatic carbocycles. The van der Waals surface area contributed by atoms with Crippen LogP contribution in [-0.2, 0) is 25.6 Å². The van der Waals surface area contributed by atoms with Crippen LogP contribution < -0.4 is 42.8 Å². The number of hydrogen-bond donors (Lipinski definition) is 8. The summed E-state index contributed by atoms with van der Waals surface area (Å²) in [7, 11) is 0. The lowest BCUT2D eigenvalue weighted by Crippen LogP contribution is -2.42. The fourth-order valence-electron chi connectivity index (χ4n) is 5.71. The number of amides is 5. The number of ether oxygens (including phenoxy) is 3. The SMILES string of the molecule is N=C(N)NCCC[C@H](N)C(=O)NCCOCCOCCNC(=O)c1ccc(NC(=O)c2ccc(CN(C(=O)c3ccc4c(c3)OCC(=O)N4)C3CC3)cc2)cc1. The highest BCUT2D eigenvalue weighted by Gasteiger charge is 2.33. The van der Waals surface area contributed by atoms with Gasteiger partial charge < -0.3 is 57.2 Å². The highest BCUT2D eigenvalue weighted by atomic mass is 16.5. The van der Waals surface area contributed by atoms with E-state index in [2.05, 4.69) is 26.6 Å². The van der Waals surface area contributed by atoms with E-state index in [1.807, 2.05) is 17.0 Å². The molecule has 0 bridgehead atoms. The second-order valence-electron chi connectivity index (χ2n) is 13.3. The van der Waals surface area contributed by atoms with E-state index < -0.39 is 6.04 Å². The summed E-state index contributed by atoms with van der Waals surface area (Å²) in [4.78, 5) is 64.5. The van der Waals surface area contributed by atoms with Gasteiger partial charge in [-0.1, -0.05) is 12.1 Å². The van der Waals surface area contributed by atoms with Crippen molar-refractivity contribution >= 4 is 46.9 Å². The van der Waals surface area contributed by atoms with Gasteiger partial charge in [-0.3, -0.25) is 29.4 Å². The summed E-state index contributed by atoms with van der Waals surface area (Å²) in [5.74, 6) is -0.882. The first kappa shape index (κ1) is 41.1. The Kier molecular flexibility index (Phi) is 15.1. The molecule has 0 radical (unpaired) electrons. The monoisotopic (exact) mass is 771 g/mol. The topological polar surface area (TPSA) is 252 Å². The van der Waals surface area contributed by atoms with Crippen molar-refractivity contribution in [1.29, 1.82) is 5.41 Å². The zero-order valence-corrected chi connectivity index (χ0v) is 31.1. The van der Waals surface area contributed by atoms with Gasteiger partial charge in [-0.2, -0.15) is 0 Å². The third kappa shape index (κ3) is 12.8. The van der Waals surface area contributed by atoms with Crippen molar-refractivity contribution in [2.24, 2.45) is 11.5 Å². The second-order valence-corrected chi connectivity index (χ2v) is 13.3. The predicted molar refractivity (Wildman–Crippen MR) is 208 cm³/mol. The molecule has 5 rings (SSSR count). The molecule has 0 aromatic heterocycles. The third-order valence-electron chi connectivity index (χ3n) is 8.88. The first-order valence-electron chi connectivity index (χ1n) is 18.5. The van der Waals surface area contributed by atoms with Crippen LogP contribution in [0.3, 0.4) is 0 Å². The van der Waals surface area contributed by atoms with Gasteiger partial charge >= 0.3 is 0 Å². The Bertz CT molecular complexity index is 1850. The zero-order chi connectivity index (χ0) is 39.9. The van der Waals surface area contributed by atoms with Gasteiger partial charge in [0.15, 0.2) is 12.6 Å². The molecule has 1 fully saturated rings. The zero-order valence-electron chi connectivity index (χ0n) is 31.1. The van der Waals surface area contributed by atoms with Crippen molar-refractivity contribution < 1.29 is 38.2 Å². The van der Waals surface area contributed by atoms with Gasteiger partial charge in [0.2, 0.25) is 5.91 Å². The van der Waals surface area contributed by atoms with Gasteiger partial charge in [0, 0.05) is 54.6 Å². The van der Waals surface area contributed by atoms with Crippen LogP contribution in [0.1, 0.15) is 62.3 Å². The molecule has 17 nitrogen and oxygen atoms in total. The molecule has 298 valence electrons. The maximum atomic E-state index is 13.5. The molecule has 0 unspecified atom stereocenters. The van der Waals surface area contributed by atoms with E-state index >= 15 is 0 Å². The standard InChI is InChI=1S/C39H49N9O8/c40-31(2-1-15-45-39(41)42)37(52)44-17-19-55-21-20-54-18-16-43-35(50)26-7-10-29(11-8-26)46-36(51)27-5-3-25(4-6-27)23-48(30-12-13-30)38(53)28-9-14-32-33(22-28)56-24-34(49)47-32/h3-11,14,22,30-31H,1-2,12-13,15-21,23-24,40H2,(H,43,50)(H,44,52)(H,46,51)(H,47,49)(H4,41,42,45)/t31-/m0/s1. The first-order chi connectivity index (χ1) is 27.1. The molecule has 2 aliphatic rings. The number of carbonyl (C=O) groups excluding carboxylic acids is 5. The largest absolute Gasteiger partial charge is 0.482 e. The van der Waals surface area contributed by atoms with Crippen molar-refractivity contribution in [2.45, 2.75) is 44.3 Å². The molecular weight excluding hydrogens is 722 g/mol. The molecule has 1 saturated carbocycles. The minimum atomic E-state index is -0.647. The molecule has 5 amide bonds. The lowest BCUT2D eigenvalue weighted by Gasteiger charge is -2.24. The summed E-state index contributed by atoms with van der Waals surface area (Å²) >= 11 is 0. The van der Waals surface area contributed by atoms with Crippen molar-refractivity contribution in [3.05, 3.63) is 89.0 Å². The highest BCUT2D eigenvalue weighted by Crippen LogP contribution is 2.33. The van der Waals surface area contributed by atoms with Crippen LogP contribution in [0.5, 0.6) is 5.75 Å². The van der Waals surface area contributed by atoms with Crippen LogP contribution in [0.4, 0.5) is 11.4 Å². The summed E-state index contributed by atoms with van der Waals surface area (Å²) in [6, 6.07) is 18.1. The quantitative estimate of drug-likeness (QED) is 0.0438. The fourth-order valence-corrected chi connectivity index (χ4v) is 5.71. The van der Waals surface area contributed by atoms with Crippen LogP contribution in [-0.4, -0.2) is 105 Å². The Hall–Kier alpha value is -6.04. The van der Waals surface area contributed by atoms with E-state index in [4.69, 9.17) is 31.1 Å². The third-order valence-corrected chi connectivity index (χ3v) is 8.88. The summed E-state index contributed by atoms with van der Waals surface area (Å²) in [6.45, 7) is 2.60. The number of hydrogen-bond acceptors (Lipinski definition) is 10. The van der Waals surface area contributed by atoms with E-state index in [1.165, 1.54) is 0 Å². The van der Waals surface area contributed by atoms with Crippen molar-refractivity contribution in [3.63, 3.8) is 0 Å². The Labute approximate surface area is 324 Å². The normalized spacial score (nSPS) is 13.6. The lowest BCUT2D eigenvalue weighted by molar-refractivity contribution is -0.122. The van der Waals surface area contributed by atoms with E-state index in [0.717, 1.165) is 18.4 Å². The molecular formula is C39H49N9O8. The predicted octanol–water partition coefficient (Wildman–Crippen LogP) is 1.54. The number of nitrogens with one attached hydrogen (secondary N) is 6. The van der Waals surface area contributed by atoms with Gasteiger partial charge in [-0.05, 0) is 85.8 Å². The van der Waals surface area contributed by atoms with Crippen molar-refractivity contribution in [3.8, 4) is 5.75 Å². The smallest absolute Gasteiger partial charge is 0.262 e. The van der Waals surface area contributed by atoms with Crippen molar-refractivity contribution in [2.75, 3.05) is 63.3 Å². The van der Waals surface area contributed by atoms with E-state index in [0.29, 0.717) is 92.7 Å². The summed E-state index contributed by atoms with van der Waals surface area (Å²) in [6.07, 6.45) is 2.92. The van der Waals surface area contributed by atoms with Gasteiger partial charge in [-0.15, -0.1) is 0 Å². The maximum absolute atomic E-state index is 13.5. The molecule has 0 spiro atoms. The van der Waals surface area contributed by atoms with Crippen LogP contribution >= 0.6 is 0 Å². The summed E-state index contributed by atoms with van der Waals surface area (Å²) in [5.41, 5.74) is 14.4. The Morgan fingerprint density at radius 3 is 2.16 bits per heavy atom. The van der Waals surface area contributed by atoms with Gasteiger partial charge in [-0.25, -0.2) is 0 Å². The molecule has 0 saturated heterocycles. The number of benzene rings is 3. The number of anilines is 2. The maximum Gasteiger partial charge on any atom is 0.262 e. The molecule has 3 aromatic rings. The second kappa shape index (κ2) is 20.6. The number of carbonyl (C=O) groups is 5. The molecule has 56 heavy (non-hydrogen) atoms. The summed E-state index contributed by atoms with van der Waals surface area (Å²) in [5, 5.41) is 20.8. The number of fused-ring (bicyclic) bond motifs is 1. The Morgan fingerprint density at radius 1 is 0.839 bits per heavy atom. The van der Waals surface area contributed by atoms with Crippen LogP contribution in [0, 0.1) is 5.41 Å². The molecule has 10 N–H and O–H groups in total. The first-order valence-corrected chi connectivity index (χ1v) is 18.5. The number of nitrogens with two attached hydrogens (primary N) is 2. The number of nitrogens with zero attached hydrogens (tertiary/aromatic N) is 1. The molecule has 1 heterocycles. The van der Waals surface area contributed by atoms with Crippen LogP contribution in [0.2, 0.25) is 0 Å². The average molecular weight is 772 g/mol. The lowest BCUT2D eigenvalue weighted by atomic mass is 10.1. The molecule has 1 aliphatic carbocycles. The van der Waals surface area contributed by atoms with Crippen molar-refractivity contribution in [1.82, 2.24) is 20.9 Å². The fraction of sp³-hybridized carbons (Fsp3) is 0.385. The Morgan fingerprint density at radius 2 is 1.48 bits per heavy atom. The van der Waals surface area contributed by atoms with Gasteiger partial charge in [0.05, 0.1) is 38.2 Å². The average Bonchev–Trinajstić information content (AvgIpc) is 4.04. The van der Waals surface area contributed by atoms with Gasteiger partial charge in [0.1, 0.15) is 5.75 Å². The summed E-state index contributed by atoms with van der Waals surface area (Å²) < 4.78 is 16.4. The number of rotatable bonds is 21. The minimum Gasteiger partial charge on any atom is -0.482 e. The molecule has 1 atom stereocenters. The molecule has 1 aliphatic heterocycles. The molecule has 17 heteroatoms. The van der Waals surface area contributed by atoms with E-state index in [9.17, 15) is 24.0 Å². The van der Waals surface area contributed by atoms with Crippen LogP contribution in [0.15, 0.2) is 66.7 Å². The Balaban J connectivity index is 0.952. The van der Waals surface area contributed by atoms with E-state index in [1.54, 1.807) is 54.6 Å².